The number of nitro benzene ring substituents is 2. The number of carbonyl (C=O) groups excluding carboxylic acids is 1. The second-order valence-electron chi connectivity index (χ2n) is 6.36. The Morgan fingerprint density at radius 2 is 1.89 bits per heavy atom. The SMILES string of the molecule is Cc1ccc2c(c1)C(NC(=O)c1cc([N+](=O)[O-])cc([N+](=O)[O-])c1C)CCO2. The summed E-state index contributed by atoms with van der Waals surface area (Å²) in [7, 11) is 0. The third kappa shape index (κ3) is 3.57. The van der Waals surface area contributed by atoms with E-state index in [1.54, 1.807) is 0 Å². The average molecular weight is 371 g/mol. The number of nitro groups is 2. The van der Waals surface area contributed by atoms with Crippen LogP contribution in [-0.2, 0) is 0 Å². The van der Waals surface area contributed by atoms with Crippen LogP contribution in [0, 0.1) is 34.1 Å². The molecule has 2 aromatic rings. The molecule has 1 aliphatic heterocycles. The van der Waals surface area contributed by atoms with Crippen molar-refractivity contribution in [2.24, 2.45) is 0 Å². The molecule has 1 atom stereocenters. The number of ether oxygens (including phenoxy) is 1. The summed E-state index contributed by atoms with van der Waals surface area (Å²) in [6, 6.07) is 7.21. The van der Waals surface area contributed by atoms with E-state index in [1.165, 1.54) is 6.92 Å². The molecule has 0 aliphatic carbocycles. The topological polar surface area (TPSA) is 125 Å². The van der Waals surface area contributed by atoms with Gasteiger partial charge in [-0.15, -0.1) is 0 Å². The van der Waals surface area contributed by atoms with Crippen LogP contribution in [0.15, 0.2) is 30.3 Å². The molecular formula is C18H17N3O6. The second kappa shape index (κ2) is 7.02. The van der Waals surface area contributed by atoms with Crippen molar-refractivity contribution < 1.29 is 19.4 Å². The van der Waals surface area contributed by atoms with Crippen molar-refractivity contribution in [1.82, 2.24) is 5.32 Å². The van der Waals surface area contributed by atoms with E-state index in [9.17, 15) is 25.0 Å². The van der Waals surface area contributed by atoms with Crippen LogP contribution in [0.1, 0.15) is 39.5 Å². The number of non-ortho nitro benzene ring substituents is 1. The molecule has 0 fully saturated rings. The van der Waals surface area contributed by atoms with E-state index in [0.29, 0.717) is 18.8 Å². The number of nitrogens with one attached hydrogen (secondary N) is 1. The highest BCUT2D eigenvalue weighted by Crippen LogP contribution is 2.34. The van der Waals surface area contributed by atoms with Crippen molar-refractivity contribution in [3.8, 4) is 5.75 Å². The molecule has 3 rings (SSSR count). The summed E-state index contributed by atoms with van der Waals surface area (Å²) in [5.74, 6) is 0.0672. The number of benzene rings is 2. The first kappa shape index (κ1) is 18.3. The van der Waals surface area contributed by atoms with E-state index in [4.69, 9.17) is 4.74 Å². The Labute approximate surface area is 154 Å². The fourth-order valence-corrected chi connectivity index (χ4v) is 3.11. The highest BCUT2D eigenvalue weighted by Gasteiger charge is 2.28. The van der Waals surface area contributed by atoms with Crippen molar-refractivity contribution in [1.29, 1.82) is 0 Å². The van der Waals surface area contributed by atoms with Gasteiger partial charge in [-0.1, -0.05) is 17.7 Å². The molecule has 0 radical (unpaired) electrons. The zero-order valence-electron chi connectivity index (χ0n) is 14.7. The van der Waals surface area contributed by atoms with Crippen LogP contribution in [0.5, 0.6) is 5.75 Å². The van der Waals surface area contributed by atoms with E-state index in [2.05, 4.69) is 5.32 Å². The van der Waals surface area contributed by atoms with Crippen LogP contribution in [0.25, 0.3) is 0 Å². The highest BCUT2D eigenvalue weighted by atomic mass is 16.6. The molecule has 1 unspecified atom stereocenters. The first-order valence-corrected chi connectivity index (χ1v) is 8.25. The Balaban J connectivity index is 1.97. The van der Waals surface area contributed by atoms with Crippen molar-refractivity contribution in [3.63, 3.8) is 0 Å². The summed E-state index contributed by atoms with van der Waals surface area (Å²) in [6.45, 7) is 3.73. The lowest BCUT2D eigenvalue weighted by molar-refractivity contribution is -0.394. The molecule has 27 heavy (non-hydrogen) atoms. The monoisotopic (exact) mass is 371 g/mol. The van der Waals surface area contributed by atoms with E-state index >= 15 is 0 Å². The highest BCUT2D eigenvalue weighted by molar-refractivity contribution is 5.97. The minimum absolute atomic E-state index is 0.0830. The lowest BCUT2D eigenvalue weighted by Gasteiger charge is -2.27. The van der Waals surface area contributed by atoms with Gasteiger partial charge in [-0.2, -0.15) is 0 Å². The minimum Gasteiger partial charge on any atom is -0.493 e. The summed E-state index contributed by atoms with van der Waals surface area (Å²) >= 11 is 0. The summed E-state index contributed by atoms with van der Waals surface area (Å²) in [6.07, 6.45) is 0.526. The number of rotatable bonds is 4. The smallest absolute Gasteiger partial charge is 0.279 e. The summed E-state index contributed by atoms with van der Waals surface area (Å²) < 4.78 is 5.59. The summed E-state index contributed by atoms with van der Waals surface area (Å²) in [4.78, 5) is 33.6. The molecule has 1 aliphatic rings. The number of aryl methyl sites for hydroxylation is 1. The maximum atomic E-state index is 12.8. The Morgan fingerprint density at radius 3 is 2.56 bits per heavy atom. The number of fused-ring (bicyclic) bond motifs is 1. The predicted octanol–water partition coefficient (Wildman–Crippen LogP) is 3.37. The van der Waals surface area contributed by atoms with Crippen LogP contribution in [0.4, 0.5) is 11.4 Å². The molecule has 1 N–H and O–H groups in total. The Hall–Kier alpha value is -3.49. The van der Waals surface area contributed by atoms with Gasteiger partial charge in [-0.05, 0) is 19.9 Å². The lowest BCUT2D eigenvalue weighted by atomic mass is 9.97. The van der Waals surface area contributed by atoms with Gasteiger partial charge in [0.1, 0.15) is 5.75 Å². The summed E-state index contributed by atoms with van der Waals surface area (Å²) in [5, 5.41) is 25.1. The molecule has 0 bridgehead atoms. The third-order valence-electron chi connectivity index (χ3n) is 4.53. The molecule has 2 aromatic carbocycles. The molecule has 0 saturated carbocycles. The van der Waals surface area contributed by atoms with Gasteiger partial charge in [0.15, 0.2) is 0 Å². The fraction of sp³-hybridized carbons (Fsp3) is 0.278. The quantitative estimate of drug-likeness (QED) is 0.649. The molecule has 0 saturated heterocycles. The Kier molecular flexibility index (Phi) is 4.76. The zero-order valence-corrected chi connectivity index (χ0v) is 14.7. The number of nitrogens with zero attached hydrogens (tertiary/aromatic N) is 2. The summed E-state index contributed by atoms with van der Waals surface area (Å²) in [5.41, 5.74) is 0.849. The molecule has 0 aromatic heterocycles. The van der Waals surface area contributed by atoms with Gasteiger partial charge in [0, 0.05) is 23.6 Å². The molecular weight excluding hydrogens is 354 g/mol. The van der Waals surface area contributed by atoms with Crippen molar-refractivity contribution in [2.45, 2.75) is 26.3 Å². The maximum Gasteiger partial charge on any atom is 0.279 e. The Bertz CT molecular complexity index is 956. The number of amides is 1. The molecule has 140 valence electrons. The van der Waals surface area contributed by atoms with Gasteiger partial charge in [0.05, 0.1) is 34.1 Å². The number of carbonyl (C=O) groups is 1. The van der Waals surface area contributed by atoms with Crippen LogP contribution in [0.3, 0.4) is 0 Å². The minimum atomic E-state index is -0.754. The molecule has 9 nitrogen and oxygen atoms in total. The van der Waals surface area contributed by atoms with E-state index in [-0.39, 0.29) is 17.2 Å². The third-order valence-corrected chi connectivity index (χ3v) is 4.53. The zero-order chi connectivity index (χ0) is 19.7. The van der Waals surface area contributed by atoms with E-state index in [1.807, 2.05) is 25.1 Å². The van der Waals surface area contributed by atoms with Gasteiger partial charge in [0.25, 0.3) is 17.3 Å². The first-order valence-electron chi connectivity index (χ1n) is 8.25. The lowest BCUT2D eigenvalue weighted by Crippen LogP contribution is -2.32. The van der Waals surface area contributed by atoms with E-state index < -0.39 is 27.1 Å². The molecule has 0 spiro atoms. The largest absolute Gasteiger partial charge is 0.493 e. The van der Waals surface area contributed by atoms with Gasteiger partial charge in [0.2, 0.25) is 0 Å². The normalized spacial score (nSPS) is 15.4. The van der Waals surface area contributed by atoms with Gasteiger partial charge in [-0.25, -0.2) is 0 Å². The standard InChI is InChI=1S/C18H17N3O6/c1-10-3-4-17-14(7-10)15(5-6-27-17)19-18(22)13-8-12(20(23)24)9-16(11(13)2)21(25)26/h3-4,7-9,15H,5-6H2,1-2H3,(H,19,22). The van der Waals surface area contributed by atoms with Crippen LogP contribution < -0.4 is 10.1 Å². The van der Waals surface area contributed by atoms with Crippen molar-refractivity contribution >= 4 is 17.3 Å². The fourth-order valence-electron chi connectivity index (χ4n) is 3.11. The number of hydrogen-bond acceptors (Lipinski definition) is 6. The van der Waals surface area contributed by atoms with Gasteiger partial charge >= 0.3 is 0 Å². The van der Waals surface area contributed by atoms with Gasteiger partial charge in [-0.3, -0.25) is 25.0 Å². The van der Waals surface area contributed by atoms with Crippen molar-refractivity contribution in [3.05, 3.63) is 72.8 Å². The predicted molar refractivity (Wildman–Crippen MR) is 96.0 cm³/mol. The van der Waals surface area contributed by atoms with Crippen LogP contribution in [-0.4, -0.2) is 22.4 Å². The number of hydrogen-bond donors (Lipinski definition) is 1. The molecule has 1 amide bonds. The average Bonchev–Trinajstić information content (AvgIpc) is 2.61. The molecule has 1 heterocycles. The van der Waals surface area contributed by atoms with E-state index in [0.717, 1.165) is 23.3 Å². The second-order valence-corrected chi connectivity index (χ2v) is 6.36. The first-order chi connectivity index (χ1) is 12.8. The Morgan fingerprint density at radius 1 is 1.15 bits per heavy atom. The van der Waals surface area contributed by atoms with Crippen molar-refractivity contribution in [2.75, 3.05) is 6.61 Å². The van der Waals surface area contributed by atoms with Crippen LogP contribution >= 0.6 is 0 Å². The maximum absolute atomic E-state index is 12.8. The van der Waals surface area contributed by atoms with Gasteiger partial charge < -0.3 is 10.1 Å². The molecule has 9 heteroatoms. The van der Waals surface area contributed by atoms with Crippen LogP contribution in [0.2, 0.25) is 0 Å².